The van der Waals surface area contributed by atoms with Gasteiger partial charge in [0.15, 0.2) is 10.7 Å². The summed E-state index contributed by atoms with van der Waals surface area (Å²) in [4.78, 5) is 5.22. The first-order valence-corrected chi connectivity index (χ1v) is 5.85. The van der Waals surface area contributed by atoms with Crippen molar-refractivity contribution in [2.75, 3.05) is 13.1 Å². The molecule has 1 N–H and O–H groups in total. The van der Waals surface area contributed by atoms with Crippen molar-refractivity contribution in [2.24, 2.45) is 0 Å². The van der Waals surface area contributed by atoms with E-state index in [-0.39, 0.29) is 5.76 Å². The average Bonchev–Trinajstić information content (AvgIpc) is 2.29. The Morgan fingerprint density at radius 2 is 2.38 bits per heavy atom. The molecule has 1 saturated heterocycles. The van der Waals surface area contributed by atoms with Gasteiger partial charge >= 0.3 is 6.20 Å². The zero-order chi connectivity index (χ0) is 11.8. The predicted octanol–water partition coefficient (Wildman–Crippen LogP) is 3.06. The van der Waals surface area contributed by atoms with E-state index in [1.54, 1.807) is 0 Å². The van der Waals surface area contributed by atoms with Gasteiger partial charge in [0.1, 0.15) is 0 Å². The van der Waals surface area contributed by atoms with E-state index in [4.69, 9.17) is 5.39 Å². The molecular formula is C12H20N3O+. The van der Waals surface area contributed by atoms with Crippen LogP contribution in [0.2, 0.25) is 0 Å². The van der Waals surface area contributed by atoms with Crippen molar-refractivity contribution in [2.45, 2.75) is 38.1 Å². The molecule has 0 amide bonds. The van der Waals surface area contributed by atoms with Gasteiger partial charge in [-0.25, -0.2) is 0 Å². The van der Waals surface area contributed by atoms with Crippen LogP contribution in [0, 0.1) is 5.39 Å². The van der Waals surface area contributed by atoms with Gasteiger partial charge in [-0.15, -0.1) is 6.58 Å². The van der Waals surface area contributed by atoms with Gasteiger partial charge in [0, 0.05) is 19.0 Å². The van der Waals surface area contributed by atoms with Crippen LogP contribution in [0.5, 0.6) is 0 Å². The topological polar surface area (TPSA) is 51.6 Å². The van der Waals surface area contributed by atoms with Crippen molar-refractivity contribution in [3.05, 3.63) is 29.6 Å². The van der Waals surface area contributed by atoms with Crippen LogP contribution in [0.1, 0.15) is 32.1 Å². The molecule has 1 aliphatic rings. The predicted molar refractivity (Wildman–Crippen MR) is 64.4 cm³/mol. The minimum Gasteiger partial charge on any atom is -0.505 e. The maximum absolute atomic E-state index is 9.36. The average molecular weight is 222 g/mol. The van der Waals surface area contributed by atoms with Gasteiger partial charge in [-0.3, -0.25) is 4.90 Å². The Morgan fingerprint density at radius 1 is 1.56 bits per heavy atom. The summed E-state index contributed by atoms with van der Waals surface area (Å²) in [6.45, 7) is 5.80. The molecular weight excluding hydrogens is 202 g/mol. The zero-order valence-corrected chi connectivity index (χ0v) is 9.68. The molecule has 1 rings (SSSR count). The van der Waals surface area contributed by atoms with E-state index in [9.17, 15) is 5.11 Å². The van der Waals surface area contributed by atoms with Gasteiger partial charge in [0.25, 0.3) is 0 Å². The molecule has 4 heteroatoms. The van der Waals surface area contributed by atoms with Crippen LogP contribution in [0.4, 0.5) is 0 Å². The SMILES string of the molecule is C=CCN1CCCCC1CC/C(O)=C/[N+]#N. The fourth-order valence-corrected chi connectivity index (χ4v) is 2.24. The molecule has 1 unspecified atom stereocenters. The van der Waals surface area contributed by atoms with Crippen LogP contribution in [0.3, 0.4) is 0 Å². The number of aliphatic hydroxyl groups is 1. The fourth-order valence-electron chi connectivity index (χ4n) is 2.24. The van der Waals surface area contributed by atoms with Crippen LogP contribution in [0.25, 0.3) is 4.98 Å². The second-order valence-electron chi connectivity index (χ2n) is 4.21. The molecule has 1 fully saturated rings. The third-order valence-corrected chi connectivity index (χ3v) is 3.05. The quantitative estimate of drug-likeness (QED) is 0.442. The first-order chi connectivity index (χ1) is 7.77. The van der Waals surface area contributed by atoms with E-state index in [0.29, 0.717) is 12.5 Å². The smallest absolute Gasteiger partial charge is 0.387 e. The third kappa shape index (κ3) is 4.03. The van der Waals surface area contributed by atoms with Crippen molar-refractivity contribution in [3.8, 4) is 0 Å². The molecule has 0 bridgehead atoms. The van der Waals surface area contributed by atoms with E-state index < -0.39 is 0 Å². The number of likely N-dealkylation sites (tertiary alicyclic amines) is 1. The summed E-state index contributed by atoms with van der Waals surface area (Å²) in [5, 5.41) is 17.6. The maximum Gasteiger partial charge on any atom is 0.387 e. The normalized spacial score (nSPS) is 22.7. The number of hydrogen-bond donors (Lipinski definition) is 1. The first-order valence-electron chi connectivity index (χ1n) is 5.85. The zero-order valence-electron chi connectivity index (χ0n) is 9.68. The highest BCUT2D eigenvalue weighted by atomic mass is 16.3. The first kappa shape index (κ1) is 12.7. The number of allylic oxidation sites excluding steroid dienone is 1. The molecule has 0 saturated carbocycles. The summed E-state index contributed by atoms with van der Waals surface area (Å²) in [5.74, 6) is 0.145. The van der Waals surface area contributed by atoms with Crippen molar-refractivity contribution in [3.63, 3.8) is 0 Å². The van der Waals surface area contributed by atoms with Gasteiger partial charge < -0.3 is 5.11 Å². The molecule has 0 aromatic heterocycles. The van der Waals surface area contributed by atoms with Crippen LogP contribution in [-0.4, -0.2) is 29.1 Å². The maximum atomic E-state index is 9.36. The number of hydrogen-bond acceptors (Lipinski definition) is 3. The molecule has 1 heterocycles. The van der Waals surface area contributed by atoms with Gasteiger partial charge in [-0.2, -0.15) is 0 Å². The van der Waals surface area contributed by atoms with Crippen molar-refractivity contribution >= 4 is 0 Å². The lowest BCUT2D eigenvalue weighted by Gasteiger charge is -2.34. The van der Waals surface area contributed by atoms with E-state index in [1.165, 1.54) is 19.3 Å². The number of nitrogens with zero attached hydrogens (tertiary/aromatic N) is 3. The molecule has 88 valence electrons. The Hall–Kier alpha value is -1.34. The molecule has 0 aliphatic carbocycles. The summed E-state index contributed by atoms with van der Waals surface area (Å²) in [7, 11) is 0. The minimum absolute atomic E-state index is 0.145. The lowest BCUT2D eigenvalue weighted by atomic mass is 9.97. The van der Waals surface area contributed by atoms with E-state index in [2.05, 4.69) is 16.5 Å². The van der Waals surface area contributed by atoms with Crippen molar-refractivity contribution < 1.29 is 5.11 Å². The van der Waals surface area contributed by atoms with Gasteiger partial charge in [0.2, 0.25) is 5.39 Å². The Bertz CT molecular complexity index is 293. The molecule has 4 nitrogen and oxygen atoms in total. The van der Waals surface area contributed by atoms with E-state index in [0.717, 1.165) is 25.7 Å². The number of piperidine rings is 1. The Kier molecular flexibility index (Phi) is 5.58. The Balaban J connectivity index is 2.41. The number of aliphatic hydroxyl groups excluding tert-OH is 1. The van der Waals surface area contributed by atoms with Crippen LogP contribution in [-0.2, 0) is 0 Å². The molecule has 0 aromatic carbocycles. The van der Waals surface area contributed by atoms with Crippen LogP contribution in [0.15, 0.2) is 24.6 Å². The lowest BCUT2D eigenvalue weighted by Crippen LogP contribution is -2.39. The summed E-state index contributed by atoms with van der Waals surface area (Å²) >= 11 is 0. The number of diazo groups is 1. The van der Waals surface area contributed by atoms with Crippen molar-refractivity contribution in [1.82, 2.24) is 4.90 Å². The van der Waals surface area contributed by atoms with E-state index in [1.807, 2.05) is 6.08 Å². The summed E-state index contributed by atoms with van der Waals surface area (Å²) in [5.41, 5.74) is 0. The fraction of sp³-hybridized carbons (Fsp3) is 0.667. The molecule has 0 spiro atoms. The second-order valence-corrected chi connectivity index (χ2v) is 4.21. The molecule has 1 atom stereocenters. The monoisotopic (exact) mass is 222 g/mol. The van der Waals surface area contributed by atoms with E-state index >= 15 is 0 Å². The largest absolute Gasteiger partial charge is 0.505 e. The van der Waals surface area contributed by atoms with Gasteiger partial charge in [0.05, 0.1) is 0 Å². The third-order valence-electron chi connectivity index (χ3n) is 3.05. The second kappa shape index (κ2) is 7.02. The van der Waals surface area contributed by atoms with Crippen molar-refractivity contribution in [1.29, 1.82) is 5.39 Å². The highest BCUT2D eigenvalue weighted by Gasteiger charge is 2.21. The molecule has 0 aromatic rings. The highest BCUT2D eigenvalue weighted by molar-refractivity contribution is 4.96. The Labute approximate surface area is 96.9 Å². The Morgan fingerprint density at radius 3 is 3.06 bits per heavy atom. The lowest BCUT2D eigenvalue weighted by molar-refractivity contribution is 0.153. The van der Waals surface area contributed by atoms with Gasteiger partial charge in [-0.1, -0.05) is 12.5 Å². The highest BCUT2D eigenvalue weighted by Crippen LogP contribution is 2.21. The standard InChI is InChI=1S/C12H19N3O/c1-2-8-15-9-4-3-5-11(15)6-7-12(16)10-14-13/h2,10-11H,1,3-9H2/p+1/b12-10-. The van der Waals surface area contributed by atoms with Crippen LogP contribution < -0.4 is 0 Å². The molecule has 16 heavy (non-hydrogen) atoms. The van der Waals surface area contributed by atoms with Crippen LogP contribution >= 0.6 is 0 Å². The molecule has 0 radical (unpaired) electrons. The summed E-state index contributed by atoms with van der Waals surface area (Å²) < 4.78 is 0. The summed E-state index contributed by atoms with van der Waals surface area (Å²) in [6, 6.07) is 0.515. The van der Waals surface area contributed by atoms with Gasteiger partial charge in [-0.05, 0) is 25.8 Å². The minimum atomic E-state index is 0.145. The summed E-state index contributed by atoms with van der Waals surface area (Å²) in [6.07, 6.45) is 8.19. The molecule has 1 aliphatic heterocycles. The number of rotatable bonds is 5.